The predicted molar refractivity (Wildman–Crippen MR) is 105 cm³/mol. The number of carbonyl (C=O) groups excluding carboxylic acids is 2. The molecule has 8 heteroatoms. The second-order valence-electron chi connectivity index (χ2n) is 8.36. The molecule has 2 saturated carbocycles. The summed E-state index contributed by atoms with van der Waals surface area (Å²) in [6.07, 6.45) is 6.66. The Hall–Kier alpha value is -3.55. The smallest absolute Gasteiger partial charge is 0.280 e. The molecule has 3 fully saturated rings. The van der Waals surface area contributed by atoms with E-state index >= 15 is 0 Å². The highest BCUT2D eigenvalue weighted by Crippen LogP contribution is 2.65. The highest BCUT2D eigenvalue weighted by molar-refractivity contribution is 6.06. The van der Waals surface area contributed by atoms with E-state index in [-0.39, 0.29) is 41.2 Å². The van der Waals surface area contributed by atoms with Gasteiger partial charge in [0.1, 0.15) is 11.5 Å². The van der Waals surface area contributed by atoms with Crippen LogP contribution in [0.1, 0.15) is 12.2 Å². The average Bonchev–Trinajstić information content (AvgIpc) is 3.39. The number of benzene rings is 1. The number of para-hydroxylation sites is 1. The number of nitrogens with zero attached hydrogens (tertiary/aromatic N) is 3. The van der Waals surface area contributed by atoms with Crippen LogP contribution >= 0.6 is 0 Å². The summed E-state index contributed by atoms with van der Waals surface area (Å²) in [4.78, 5) is 36.6. The highest BCUT2D eigenvalue weighted by Gasteiger charge is 2.67. The number of furan rings is 1. The fourth-order valence-electron chi connectivity index (χ4n) is 5.58. The summed E-state index contributed by atoms with van der Waals surface area (Å²) >= 11 is 0. The van der Waals surface area contributed by atoms with Crippen LogP contribution in [0.3, 0.4) is 0 Å². The summed E-state index contributed by atoms with van der Waals surface area (Å²) in [7, 11) is 0. The van der Waals surface area contributed by atoms with Gasteiger partial charge in [-0.05, 0) is 48.3 Å². The Morgan fingerprint density at radius 2 is 1.70 bits per heavy atom. The standard InChI is InChI=1S/C22H17N3O5/c26-21-19-12-6-7-13(16-9-15(12)16)20(19)22(27)24(21)23-10-11-5-8-18(30-11)14-3-1-2-4-17(14)25(28)29/h1-8,10,12-13,15-16,19-20H,9H2/t12-,13-,15-,16+,19+,20+/m0/s1. The third-order valence-electron chi connectivity index (χ3n) is 6.93. The van der Waals surface area contributed by atoms with Crippen molar-refractivity contribution in [3.05, 3.63) is 64.4 Å². The van der Waals surface area contributed by atoms with Crippen LogP contribution in [0.2, 0.25) is 0 Å². The number of amides is 2. The molecule has 2 heterocycles. The molecule has 4 aliphatic carbocycles. The summed E-state index contributed by atoms with van der Waals surface area (Å²) in [5, 5.41) is 16.4. The fourth-order valence-corrected chi connectivity index (χ4v) is 5.58. The molecular formula is C22H17N3O5. The van der Waals surface area contributed by atoms with E-state index in [0.717, 1.165) is 11.4 Å². The second-order valence-corrected chi connectivity index (χ2v) is 8.36. The van der Waals surface area contributed by atoms with Gasteiger partial charge in [0.05, 0.1) is 28.5 Å². The van der Waals surface area contributed by atoms with Crippen LogP contribution in [-0.2, 0) is 9.59 Å². The molecule has 5 aliphatic rings. The number of hydrazone groups is 1. The number of rotatable bonds is 4. The number of hydrogen-bond acceptors (Lipinski definition) is 6. The second kappa shape index (κ2) is 5.98. The van der Waals surface area contributed by atoms with Crippen LogP contribution in [0.15, 0.2) is 58.1 Å². The van der Waals surface area contributed by atoms with Crippen molar-refractivity contribution in [2.75, 3.05) is 0 Å². The maximum absolute atomic E-state index is 12.9. The zero-order chi connectivity index (χ0) is 20.6. The third kappa shape index (κ3) is 2.30. The van der Waals surface area contributed by atoms with Gasteiger partial charge in [-0.15, -0.1) is 0 Å². The van der Waals surface area contributed by atoms with Gasteiger partial charge in [-0.1, -0.05) is 24.3 Å². The fraction of sp³-hybridized carbons (Fsp3) is 0.318. The van der Waals surface area contributed by atoms with E-state index in [1.165, 1.54) is 12.3 Å². The van der Waals surface area contributed by atoms with E-state index in [4.69, 9.17) is 4.42 Å². The molecule has 2 bridgehead atoms. The first-order chi connectivity index (χ1) is 14.5. The molecule has 150 valence electrons. The van der Waals surface area contributed by atoms with Gasteiger partial charge >= 0.3 is 0 Å². The van der Waals surface area contributed by atoms with E-state index in [2.05, 4.69) is 17.3 Å². The van der Waals surface area contributed by atoms with Crippen molar-refractivity contribution < 1.29 is 18.9 Å². The Labute approximate surface area is 171 Å². The van der Waals surface area contributed by atoms with Crippen molar-refractivity contribution in [2.24, 2.45) is 40.6 Å². The molecule has 2 aromatic rings. The Morgan fingerprint density at radius 1 is 1.03 bits per heavy atom. The lowest BCUT2D eigenvalue weighted by Crippen LogP contribution is -2.40. The first kappa shape index (κ1) is 17.3. The van der Waals surface area contributed by atoms with E-state index in [1.807, 2.05) is 0 Å². The van der Waals surface area contributed by atoms with Crippen LogP contribution in [0, 0.1) is 45.6 Å². The minimum Gasteiger partial charge on any atom is -0.455 e. The third-order valence-corrected chi connectivity index (χ3v) is 6.93. The molecule has 6 atom stereocenters. The molecule has 1 aromatic heterocycles. The summed E-state index contributed by atoms with van der Waals surface area (Å²) in [6.45, 7) is 0. The van der Waals surface area contributed by atoms with Crippen LogP contribution in [0.25, 0.3) is 11.3 Å². The van der Waals surface area contributed by atoms with Crippen molar-refractivity contribution in [3.63, 3.8) is 0 Å². The van der Waals surface area contributed by atoms with Crippen molar-refractivity contribution >= 4 is 23.7 Å². The number of hydrogen-bond donors (Lipinski definition) is 0. The van der Waals surface area contributed by atoms with Gasteiger partial charge in [0.15, 0.2) is 0 Å². The topological polar surface area (TPSA) is 106 Å². The highest BCUT2D eigenvalue weighted by atomic mass is 16.6. The average molecular weight is 403 g/mol. The minimum absolute atomic E-state index is 0.0640. The van der Waals surface area contributed by atoms with Crippen LogP contribution in [0.5, 0.6) is 0 Å². The molecule has 0 spiro atoms. The lowest BCUT2D eigenvalue weighted by Gasteiger charge is -2.37. The molecule has 30 heavy (non-hydrogen) atoms. The van der Waals surface area contributed by atoms with Crippen LogP contribution in [-0.4, -0.2) is 28.0 Å². The molecule has 1 aliphatic heterocycles. The maximum atomic E-state index is 12.9. The molecular weight excluding hydrogens is 386 g/mol. The van der Waals surface area contributed by atoms with E-state index < -0.39 is 4.92 Å². The lowest BCUT2D eigenvalue weighted by molar-refractivity contribution is -0.384. The molecule has 0 radical (unpaired) electrons. The van der Waals surface area contributed by atoms with Gasteiger partial charge in [0, 0.05) is 6.07 Å². The maximum Gasteiger partial charge on any atom is 0.280 e. The largest absolute Gasteiger partial charge is 0.455 e. The molecule has 0 unspecified atom stereocenters. The molecule has 8 nitrogen and oxygen atoms in total. The van der Waals surface area contributed by atoms with E-state index in [0.29, 0.717) is 28.9 Å². The normalized spacial score (nSPS) is 33.3. The summed E-state index contributed by atoms with van der Waals surface area (Å²) in [5.74, 6) is 0.924. The van der Waals surface area contributed by atoms with Crippen molar-refractivity contribution in [1.29, 1.82) is 0 Å². The van der Waals surface area contributed by atoms with Gasteiger partial charge < -0.3 is 4.42 Å². The number of imide groups is 1. The van der Waals surface area contributed by atoms with Gasteiger partial charge in [0.2, 0.25) is 0 Å². The zero-order valence-electron chi connectivity index (χ0n) is 15.8. The molecule has 2 amide bonds. The molecule has 1 saturated heterocycles. The Kier molecular flexibility index (Phi) is 3.45. The van der Waals surface area contributed by atoms with Gasteiger partial charge in [0.25, 0.3) is 17.5 Å². The number of nitro benzene ring substituents is 1. The Balaban J connectivity index is 1.26. The first-order valence-corrected chi connectivity index (χ1v) is 9.98. The van der Waals surface area contributed by atoms with E-state index in [1.54, 1.807) is 30.3 Å². The number of carbonyl (C=O) groups is 2. The summed E-state index contributed by atoms with van der Waals surface area (Å²) in [5.41, 5.74) is 0.286. The quantitative estimate of drug-likeness (QED) is 0.256. The SMILES string of the molecule is O=C1[C@@H]2[C@H]3C=C[C@@H]([C@@H]4C[C@H]34)[C@H]2C(=O)N1N=Cc1ccc(-c2ccccc2[N+](=O)[O-])o1. The van der Waals surface area contributed by atoms with Crippen molar-refractivity contribution in [2.45, 2.75) is 6.42 Å². The lowest BCUT2D eigenvalue weighted by atomic mass is 9.63. The van der Waals surface area contributed by atoms with Gasteiger partial charge in [-0.25, -0.2) is 0 Å². The molecule has 7 rings (SSSR count). The summed E-state index contributed by atoms with van der Waals surface area (Å²) < 4.78 is 5.67. The van der Waals surface area contributed by atoms with E-state index in [9.17, 15) is 19.7 Å². The first-order valence-electron chi connectivity index (χ1n) is 9.98. The molecule has 0 N–H and O–H groups in total. The minimum atomic E-state index is -0.470. The van der Waals surface area contributed by atoms with Gasteiger partial charge in [-0.3, -0.25) is 19.7 Å². The zero-order valence-corrected chi connectivity index (χ0v) is 15.8. The van der Waals surface area contributed by atoms with Crippen LogP contribution < -0.4 is 0 Å². The monoisotopic (exact) mass is 403 g/mol. The van der Waals surface area contributed by atoms with Crippen LogP contribution in [0.4, 0.5) is 5.69 Å². The van der Waals surface area contributed by atoms with Gasteiger partial charge in [-0.2, -0.15) is 10.1 Å². The molecule has 1 aromatic carbocycles. The van der Waals surface area contributed by atoms with Crippen molar-refractivity contribution in [3.8, 4) is 11.3 Å². The number of allylic oxidation sites excluding steroid dienone is 2. The number of nitro groups is 1. The predicted octanol–water partition coefficient (Wildman–Crippen LogP) is 3.24. The Morgan fingerprint density at radius 3 is 2.37 bits per heavy atom. The Bertz CT molecular complexity index is 1130. The summed E-state index contributed by atoms with van der Waals surface area (Å²) in [6, 6.07) is 9.49. The van der Waals surface area contributed by atoms with Crippen molar-refractivity contribution in [1.82, 2.24) is 5.01 Å².